The average Bonchev–Trinajstić information content (AvgIpc) is 3.32. The Morgan fingerprint density at radius 2 is 1.75 bits per heavy atom. The molecule has 40 heavy (non-hydrogen) atoms. The Labute approximate surface area is 236 Å². The molecule has 206 valence electrons. The molecule has 0 bridgehead atoms. The van der Waals surface area contributed by atoms with E-state index in [-0.39, 0.29) is 17.7 Å². The zero-order chi connectivity index (χ0) is 28.2. The van der Waals surface area contributed by atoms with Crippen LogP contribution >= 0.6 is 11.5 Å². The number of hydrogen-bond donors (Lipinski definition) is 2. The van der Waals surface area contributed by atoms with Gasteiger partial charge in [-0.05, 0) is 48.8 Å². The summed E-state index contributed by atoms with van der Waals surface area (Å²) in [5.74, 6) is 0.101. The normalized spacial score (nSPS) is 13.7. The maximum absolute atomic E-state index is 13.3. The molecule has 5 rings (SSSR count). The van der Waals surface area contributed by atoms with E-state index in [1.54, 1.807) is 61.3 Å². The van der Waals surface area contributed by atoms with E-state index in [4.69, 9.17) is 0 Å². The molecular weight excluding hydrogens is 528 g/mol. The van der Waals surface area contributed by atoms with Gasteiger partial charge >= 0.3 is 0 Å². The van der Waals surface area contributed by atoms with Crippen LogP contribution in [-0.4, -0.2) is 93.6 Å². The molecule has 0 unspecified atom stereocenters. The summed E-state index contributed by atoms with van der Waals surface area (Å²) in [6.07, 6.45) is 1.62. The van der Waals surface area contributed by atoms with Crippen molar-refractivity contribution in [1.82, 2.24) is 29.0 Å². The molecule has 0 radical (unpaired) electrons. The van der Waals surface area contributed by atoms with Crippen LogP contribution in [0.25, 0.3) is 11.0 Å². The van der Waals surface area contributed by atoms with E-state index in [1.807, 2.05) is 24.3 Å². The number of benzene rings is 2. The number of fused-ring (bicyclic) bond motifs is 1. The summed E-state index contributed by atoms with van der Waals surface area (Å²) >= 11 is 1.17. The second kappa shape index (κ2) is 11.8. The van der Waals surface area contributed by atoms with Crippen molar-refractivity contribution < 1.29 is 14.4 Å². The number of carbonyl (C=O) groups excluding carboxylic acids is 3. The van der Waals surface area contributed by atoms with Crippen LogP contribution in [0, 0.1) is 6.92 Å². The Morgan fingerprint density at radius 1 is 1.00 bits per heavy atom. The molecular formula is C28H30N8O3S. The van der Waals surface area contributed by atoms with Crippen LogP contribution in [0.15, 0.2) is 54.7 Å². The average molecular weight is 559 g/mol. The van der Waals surface area contributed by atoms with Crippen molar-refractivity contribution in [1.29, 1.82) is 0 Å². The number of aryl methyl sites for hydroxylation is 1. The van der Waals surface area contributed by atoms with Crippen LogP contribution in [0.4, 0.5) is 16.5 Å². The Kier molecular flexibility index (Phi) is 7.99. The van der Waals surface area contributed by atoms with Crippen molar-refractivity contribution in [3.8, 4) is 0 Å². The number of rotatable bonds is 7. The predicted octanol–water partition coefficient (Wildman–Crippen LogP) is 3.24. The van der Waals surface area contributed by atoms with Crippen molar-refractivity contribution in [3.63, 3.8) is 0 Å². The van der Waals surface area contributed by atoms with Gasteiger partial charge in [-0.15, -0.1) is 0 Å². The minimum Gasteiger partial charge on any atom is -0.348 e. The van der Waals surface area contributed by atoms with Gasteiger partial charge in [0.1, 0.15) is 10.8 Å². The van der Waals surface area contributed by atoms with Crippen LogP contribution in [0.5, 0.6) is 0 Å². The number of nitrogens with one attached hydrogen (secondary N) is 2. The zero-order valence-electron chi connectivity index (χ0n) is 22.5. The molecule has 2 N–H and O–H groups in total. The molecule has 1 aliphatic heterocycles. The Bertz CT molecular complexity index is 1560. The van der Waals surface area contributed by atoms with Crippen molar-refractivity contribution in [2.24, 2.45) is 0 Å². The molecule has 1 saturated heterocycles. The maximum Gasteiger partial charge on any atom is 0.260 e. The highest BCUT2D eigenvalue weighted by Crippen LogP contribution is 2.29. The van der Waals surface area contributed by atoms with Gasteiger partial charge in [-0.2, -0.15) is 4.37 Å². The first-order chi connectivity index (χ1) is 19.3. The van der Waals surface area contributed by atoms with Crippen LogP contribution < -0.4 is 10.6 Å². The number of likely N-dealkylation sites (N-methyl/N-ethyl adjacent to an activating group) is 1. The minimum atomic E-state index is -0.341. The topological polar surface area (TPSA) is 124 Å². The highest BCUT2D eigenvalue weighted by atomic mass is 32.1. The number of carbonyl (C=O) groups is 3. The van der Waals surface area contributed by atoms with E-state index >= 15 is 0 Å². The molecule has 11 nitrogen and oxygen atoms in total. The zero-order valence-corrected chi connectivity index (χ0v) is 23.4. The molecule has 3 amide bonds. The third-order valence-corrected chi connectivity index (χ3v) is 7.52. The quantitative estimate of drug-likeness (QED) is 0.354. The molecule has 2 aromatic heterocycles. The monoisotopic (exact) mass is 558 g/mol. The molecule has 0 atom stereocenters. The number of anilines is 3. The second-order valence-electron chi connectivity index (χ2n) is 9.73. The lowest BCUT2D eigenvalue weighted by Crippen LogP contribution is -2.51. The highest BCUT2D eigenvalue weighted by molar-refractivity contribution is 7.10. The summed E-state index contributed by atoms with van der Waals surface area (Å²) in [5.41, 5.74) is 3.50. The Morgan fingerprint density at radius 3 is 2.50 bits per heavy atom. The van der Waals surface area contributed by atoms with Gasteiger partial charge < -0.3 is 20.4 Å². The molecule has 12 heteroatoms. The van der Waals surface area contributed by atoms with Gasteiger partial charge in [-0.25, -0.2) is 4.98 Å². The number of hydrogen-bond acceptors (Lipinski definition) is 9. The smallest absolute Gasteiger partial charge is 0.260 e. The van der Waals surface area contributed by atoms with E-state index in [2.05, 4.69) is 29.9 Å². The van der Waals surface area contributed by atoms with Gasteiger partial charge in [-0.3, -0.25) is 24.3 Å². The summed E-state index contributed by atoms with van der Waals surface area (Å²) in [4.78, 5) is 52.9. The number of nitrogens with zero attached hydrogens (tertiary/aromatic N) is 6. The first-order valence-electron chi connectivity index (χ1n) is 12.9. The molecule has 1 aliphatic rings. The van der Waals surface area contributed by atoms with Crippen LogP contribution in [0.3, 0.4) is 0 Å². The Hall–Kier alpha value is -4.42. The van der Waals surface area contributed by atoms with E-state index in [0.717, 1.165) is 11.0 Å². The third kappa shape index (κ3) is 6.08. The van der Waals surface area contributed by atoms with Crippen LogP contribution in [-0.2, 0) is 4.79 Å². The molecule has 0 saturated carbocycles. The fourth-order valence-electron chi connectivity index (χ4n) is 4.40. The van der Waals surface area contributed by atoms with Gasteiger partial charge in [0.2, 0.25) is 5.91 Å². The van der Waals surface area contributed by atoms with Gasteiger partial charge in [0, 0.05) is 51.5 Å². The highest BCUT2D eigenvalue weighted by Gasteiger charge is 2.24. The van der Waals surface area contributed by atoms with Crippen molar-refractivity contribution >= 4 is 56.8 Å². The number of amides is 3. The van der Waals surface area contributed by atoms with Gasteiger partial charge in [0.05, 0.1) is 35.0 Å². The van der Waals surface area contributed by atoms with Gasteiger partial charge in [0.15, 0.2) is 0 Å². The largest absolute Gasteiger partial charge is 0.348 e. The lowest BCUT2D eigenvalue weighted by molar-refractivity contribution is -0.130. The maximum atomic E-state index is 13.3. The first kappa shape index (κ1) is 27.2. The van der Waals surface area contributed by atoms with Crippen molar-refractivity contribution in [2.75, 3.05) is 57.5 Å². The second-order valence-corrected chi connectivity index (χ2v) is 10.5. The molecule has 4 aromatic rings. The number of piperazine rings is 1. The molecule has 0 aliphatic carbocycles. The summed E-state index contributed by atoms with van der Waals surface area (Å²) in [5, 5.41) is 6.64. The van der Waals surface area contributed by atoms with E-state index in [9.17, 15) is 14.4 Å². The summed E-state index contributed by atoms with van der Waals surface area (Å²) in [6.45, 7) is 4.43. The Balaban J connectivity index is 1.24. The van der Waals surface area contributed by atoms with E-state index in [0.29, 0.717) is 66.1 Å². The number of para-hydroxylation sites is 2. The van der Waals surface area contributed by atoms with E-state index in [1.165, 1.54) is 11.5 Å². The molecule has 2 aromatic carbocycles. The predicted molar refractivity (Wildman–Crippen MR) is 155 cm³/mol. The van der Waals surface area contributed by atoms with Gasteiger partial charge in [0.25, 0.3) is 11.8 Å². The van der Waals surface area contributed by atoms with Gasteiger partial charge in [-0.1, -0.05) is 18.2 Å². The summed E-state index contributed by atoms with van der Waals surface area (Å²) in [7, 11) is 3.47. The standard InChI is InChI=1S/C28H30N8O3S/c1-18-25(27(40-33-18)32-23-16-29-21-9-4-5-10-22(21)31-23)26(38)30-20-8-6-7-19(15-20)28(39)36-13-11-35(12-14-36)17-24(37)34(2)3/h4-10,15-16H,11-14,17H2,1-3H3,(H,30,38)(H,31,32). The molecule has 0 spiro atoms. The third-order valence-electron chi connectivity index (χ3n) is 6.66. The lowest BCUT2D eigenvalue weighted by atomic mass is 10.1. The lowest BCUT2D eigenvalue weighted by Gasteiger charge is -2.34. The minimum absolute atomic E-state index is 0.0443. The van der Waals surface area contributed by atoms with Crippen LogP contribution in [0.1, 0.15) is 26.4 Å². The SMILES string of the molecule is Cc1nsc(Nc2cnc3ccccc3n2)c1C(=O)Nc1cccc(C(=O)N2CCN(CC(=O)N(C)C)CC2)c1. The van der Waals surface area contributed by atoms with Crippen molar-refractivity contribution in [3.05, 3.63) is 71.5 Å². The summed E-state index contributed by atoms with van der Waals surface area (Å²) < 4.78 is 4.36. The van der Waals surface area contributed by atoms with Crippen LogP contribution in [0.2, 0.25) is 0 Å². The van der Waals surface area contributed by atoms with E-state index < -0.39 is 0 Å². The fraction of sp³-hybridized carbons (Fsp3) is 0.286. The fourth-order valence-corrected chi connectivity index (χ4v) is 5.21. The number of aromatic nitrogens is 3. The van der Waals surface area contributed by atoms with Crippen molar-refractivity contribution in [2.45, 2.75) is 6.92 Å². The molecule has 1 fully saturated rings. The summed E-state index contributed by atoms with van der Waals surface area (Å²) in [6, 6.07) is 14.5. The first-order valence-corrected chi connectivity index (χ1v) is 13.6. The molecule has 3 heterocycles.